The maximum atomic E-state index is 10.9. The van der Waals surface area contributed by atoms with Gasteiger partial charge >= 0.3 is 0 Å². The normalized spacial score (nSPS) is 11.9. The Bertz CT molecular complexity index is 437. The molecule has 0 saturated carbocycles. The molecule has 0 radical (unpaired) electrons. The molecule has 0 fully saturated rings. The number of non-ortho nitro benzene ring substituents is 1. The molecule has 1 rings (SSSR count). The van der Waals surface area contributed by atoms with Gasteiger partial charge in [-0.3, -0.25) is 10.1 Å². The first-order valence-corrected chi connectivity index (χ1v) is 6.84. The average molecular weight is 282 g/mol. The van der Waals surface area contributed by atoms with Crippen molar-refractivity contribution in [3.05, 3.63) is 28.3 Å². The van der Waals surface area contributed by atoms with Crippen molar-refractivity contribution < 1.29 is 14.4 Å². The minimum Gasteiger partial charge on any atom is -0.493 e. The SMILES string of the molecule is CCCOc1cc(NCC(C)OCC)cc([N+](=O)[O-])c1. The van der Waals surface area contributed by atoms with Crippen molar-refractivity contribution in [2.45, 2.75) is 33.3 Å². The van der Waals surface area contributed by atoms with Crippen LogP contribution in [0.1, 0.15) is 27.2 Å². The molecule has 1 atom stereocenters. The van der Waals surface area contributed by atoms with E-state index in [2.05, 4.69) is 5.32 Å². The highest BCUT2D eigenvalue weighted by atomic mass is 16.6. The molecule has 0 spiro atoms. The second kappa shape index (κ2) is 8.37. The Kier molecular flexibility index (Phi) is 6.79. The van der Waals surface area contributed by atoms with Gasteiger partial charge in [-0.15, -0.1) is 0 Å². The lowest BCUT2D eigenvalue weighted by molar-refractivity contribution is -0.384. The average Bonchev–Trinajstić information content (AvgIpc) is 2.43. The summed E-state index contributed by atoms with van der Waals surface area (Å²) in [4.78, 5) is 10.5. The van der Waals surface area contributed by atoms with Crippen LogP contribution in [0.4, 0.5) is 11.4 Å². The van der Waals surface area contributed by atoms with Gasteiger partial charge in [-0.05, 0) is 20.3 Å². The van der Waals surface area contributed by atoms with Gasteiger partial charge in [0.15, 0.2) is 0 Å². The minimum absolute atomic E-state index is 0.0187. The van der Waals surface area contributed by atoms with Crippen LogP contribution < -0.4 is 10.1 Å². The van der Waals surface area contributed by atoms with E-state index in [0.29, 0.717) is 31.2 Å². The van der Waals surface area contributed by atoms with Crippen molar-refractivity contribution >= 4 is 11.4 Å². The van der Waals surface area contributed by atoms with Crippen molar-refractivity contribution in [2.24, 2.45) is 0 Å². The summed E-state index contributed by atoms with van der Waals surface area (Å²) in [6.45, 7) is 7.63. The maximum Gasteiger partial charge on any atom is 0.275 e. The summed E-state index contributed by atoms with van der Waals surface area (Å²) in [5, 5.41) is 14.0. The number of nitro groups is 1. The highest BCUT2D eigenvalue weighted by molar-refractivity contribution is 5.56. The Labute approximate surface area is 119 Å². The summed E-state index contributed by atoms with van der Waals surface area (Å²) in [6, 6.07) is 4.70. The molecule has 6 nitrogen and oxygen atoms in total. The van der Waals surface area contributed by atoms with Crippen LogP contribution in [0.2, 0.25) is 0 Å². The molecule has 0 aliphatic carbocycles. The molecule has 6 heteroatoms. The number of nitrogens with one attached hydrogen (secondary N) is 1. The zero-order chi connectivity index (χ0) is 15.0. The van der Waals surface area contributed by atoms with Crippen molar-refractivity contribution in [1.29, 1.82) is 0 Å². The van der Waals surface area contributed by atoms with Crippen molar-refractivity contribution in [3.63, 3.8) is 0 Å². The van der Waals surface area contributed by atoms with E-state index in [-0.39, 0.29) is 11.8 Å². The first kappa shape index (κ1) is 16.2. The molecule has 112 valence electrons. The fourth-order valence-electron chi connectivity index (χ4n) is 1.70. The predicted octanol–water partition coefficient (Wildman–Crippen LogP) is 3.22. The topological polar surface area (TPSA) is 73.6 Å². The molecule has 0 aliphatic heterocycles. The lowest BCUT2D eigenvalue weighted by Gasteiger charge is -2.14. The van der Waals surface area contributed by atoms with E-state index in [1.807, 2.05) is 20.8 Å². The third kappa shape index (κ3) is 5.44. The van der Waals surface area contributed by atoms with Crippen LogP contribution in [-0.2, 0) is 4.74 Å². The van der Waals surface area contributed by atoms with E-state index in [4.69, 9.17) is 9.47 Å². The lowest BCUT2D eigenvalue weighted by Crippen LogP contribution is -2.19. The van der Waals surface area contributed by atoms with E-state index >= 15 is 0 Å². The van der Waals surface area contributed by atoms with Gasteiger partial charge in [0, 0.05) is 31.0 Å². The van der Waals surface area contributed by atoms with Crippen molar-refractivity contribution in [3.8, 4) is 5.75 Å². The van der Waals surface area contributed by atoms with E-state index in [1.165, 1.54) is 12.1 Å². The first-order valence-electron chi connectivity index (χ1n) is 6.84. The molecule has 1 aromatic rings. The first-order chi connectivity index (χ1) is 9.56. The summed E-state index contributed by atoms with van der Waals surface area (Å²) in [5.41, 5.74) is 0.682. The molecule has 1 aromatic carbocycles. The number of benzene rings is 1. The van der Waals surface area contributed by atoms with E-state index < -0.39 is 4.92 Å². The van der Waals surface area contributed by atoms with Crippen LogP contribution in [0, 0.1) is 10.1 Å². The summed E-state index contributed by atoms with van der Waals surface area (Å²) in [7, 11) is 0. The highest BCUT2D eigenvalue weighted by Crippen LogP contribution is 2.26. The summed E-state index contributed by atoms with van der Waals surface area (Å²) < 4.78 is 10.9. The van der Waals surface area contributed by atoms with Gasteiger partial charge in [-0.25, -0.2) is 0 Å². The Morgan fingerprint density at radius 2 is 2.10 bits per heavy atom. The predicted molar refractivity (Wildman–Crippen MR) is 78.5 cm³/mol. The fraction of sp³-hybridized carbons (Fsp3) is 0.571. The summed E-state index contributed by atoms with van der Waals surface area (Å²) >= 11 is 0. The van der Waals surface area contributed by atoms with E-state index in [0.717, 1.165) is 6.42 Å². The van der Waals surface area contributed by atoms with Gasteiger partial charge in [0.25, 0.3) is 5.69 Å². The molecular weight excluding hydrogens is 260 g/mol. The molecule has 0 aliphatic rings. The zero-order valence-electron chi connectivity index (χ0n) is 12.2. The number of rotatable bonds is 9. The van der Waals surface area contributed by atoms with Crippen LogP contribution in [0.15, 0.2) is 18.2 Å². The number of anilines is 1. The van der Waals surface area contributed by atoms with Gasteiger partial charge < -0.3 is 14.8 Å². The third-order valence-corrected chi connectivity index (χ3v) is 2.62. The molecule has 0 amide bonds. The quantitative estimate of drug-likeness (QED) is 0.556. The van der Waals surface area contributed by atoms with Gasteiger partial charge in [-0.2, -0.15) is 0 Å². The number of nitrogens with zero attached hydrogens (tertiary/aromatic N) is 1. The highest BCUT2D eigenvalue weighted by Gasteiger charge is 2.11. The fourth-order valence-corrected chi connectivity index (χ4v) is 1.70. The van der Waals surface area contributed by atoms with Gasteiger partial charge in [0.1, 0.15) is 5.75 Å². The summed E-state index contributed by atoms with van der Waals surface area (Å²) in [5.74, 6) is 0.507. The van der Waals surface area contributed by atoms with Crippen molar-refractivity contribution in [2.75, 3.05) is 25.1 Å². The van der Waals surface area contributed by atoms with Gasteiger partial charge in [0.2, 0.25) is 0 Å². The second-order valence-electron chi connectivity index (χ2n) is 4.47. The largest absolute Gasteiger partial charge is 0.493 e. The van der Waals surface area contributed by atoms with Gasteiger partial charge in [0.05, 0.1) is 23.7 Å². The van der Waals surface area contributed by atoms with E-state index in [9.17, 15) is 10.1 Å². The number of nitro benzene ring substituents is 1. The van der Waals surface area contributed by atoms with Crippen molar-refractivity contribution in [1.82, 2.24) is 0 Å². The maximum absolute atomic E-state index is 10.9. The molecule has 0 heterocycles. The lowest BCUT2D eigenvalue weighted by atomic mass is 10.2. The number of ether oxygens (including phenoxy) is 2. The molecule has 1 unspecified atom stereocenters. The smallest absolute Gasteiger partial charge is 0.275 e. The number of hydrogen-bond acceptors (Lipinski definition) is 5. The second-order valence-corrected chi connectivity index (χ2v) is 4.47. The third-order valence-electron chi connectivity index (χ3n) is 2.62. The number of hydrogen-bond donors (Lipinski definition) is 1. The standard InChI is InChI=1S/C14H22N2O4/c1-4-6-20-14-8-12(7-13(9-14)16(17)18)15-10-11(3)19-5-2/h7-9,11,15H,4-6,10H2,1-3H3. The monoisotopic (exact) mass is 282 g/mol. The minimum atomic E-state index is -0.421. The Hall–Kier alpha value is -1.82. The summed E-state index contributed by atoms with van der Waals surface area (Å²) in [6.07, 6.45) is 0.895. The van der Waals surface area contributed by atoms with E-state index in [1.54, 1.807) is 6.07 Å². The molecule has 20 heavy (non-hydrogen) atoms. The van der Waals surface area contributed by atoms with Crippen LogP contribution in [0.5, 0.6) is 5.75 Å². The zero-order valence-corrected chi connectivity index (χ0v) is 12.2. The molecule has 1 N–H and O–H groups in total. The molecule has 0 saturated heterocycles. The molecular formula is C14H22N2O4. The van der Waals surface area contributed by atoms with Crippen LogP contribution in [0.25, 0.3) is 0 Å². The molecule has 0 aromatic heterocycles. The Morgan fingerprint density at radius 3 is 2.70 bits per heavy atom. The van der Waals surface area contributed by atoms with Gasteiger partial charge in [-0.1, -0.05) is 6.92 Å². The van der Waals surface area contributed by atoms with Crippen LogP contribution in [-0.4, -0.2) is 30.8 Å². The Morgan fingerprint density at radius 1 is 1.35 bits per heavy atom. The Balaban J connectivity index is 2.77. The van der Waals surface area contributed by atoms with Crippen LogP contribution >= 0.6 is 0 Å². The molecule has 0 bridgehead atoms. The van der Waals surface area contributed by atoms with Crippen LogP contribution in [0.3, 0.4) is 0 Å².